The number of aryl methyl sites for hydroxylation is 2. The van der Waals surface area contributed by atoms with E-state index in [0.29, 0.717) is 16.7 Å². The maximum atomic E-state index is 12.9. The number of carbonyl (C=O) groups is 2. The van der Waals surface area contributed by atoms with E-state index in [0.717, 1.165) is 79.5 Å². The van der Waals surface area contributed by atoms with Crippen molar-refractivity contribution in [3.8, 4) is 6.07 Å². The molecular formula is C32H36N4O5. The van der Waals surface area contributed by atoms with E-state index in [1.54, 1.807) is 17.6 Å². The Bertz CT molecular complexity index is 1640. The Morgan fingerprint density at radius 3 is 2.49 bits per heavy atom. The second-order valence-electron chi connectivity index (χ2n) is 11.7. The van der Waals surface area contributed by atoms with Crippen LogP contribution in [0.15, 0.2) is 47.0 Å². The summed E-state index contributed by atoms with van der Waals surface area (Å²) in [6.07, 6.45) is 4.24. The van der Waals surface area contributed by atoms with Gasteiger partial charge in [0.2, 0.25) is 5.76 Å². The number of carboxylic acid groups (broad SMARTS) is 1. The van der Waals surface area contributed by atoms with Crippen molar-refractivity contribution in [3.05, 3.63) is 65.0 Å². The molecule has 0 amide bonds. The highest BCUT2D eigenvalue weighted by atomic mass is 16.6. The molecule has 0 radical (unpaired) electrons. The molecule has 41 heavy (non-hydrogen) atoms. The molecule has 0 spiro atoms. The molecule has 3 heterocycles. The van der Waals surface area contributed by atoms with Crippen molar-refractivity contribution >= 4 is 39.6 Å². The smallest absolute Gasteiger partial charge is 0.419 e. The number of nitriles is 1. The number of rotatable bonds is 7. The third-order valence-corrected chi connectivity index (χ3v) is 7.63. The molecule has 2 aromatic carbocycles. The Kier molecular flexibility index (Phi) is 7.78. The number of benzene rings is 2. The predicted molar refractivity (Wildman–Crippen MR) is 158 cm³/mol. The molecule has 0 saturated carbocycles. The molecule has 4 aromatic rings. The highest BCUT2D eigenvalue weighted by Crippen LogP contribution is 2.30. The normalized spacial score (nSPS) is 14.5. The fraction of sp³-hybridized carbons (Fsp3) is 0.406. The van der Waals surface area contributed by atoms with Crippen molar-refractivity contribution in [2.24, 2.45) is 0 Å². The zero-order valence-electron chi connectivity index (χ0n) is 24.1. The van der Waals surface area contributed by atoms with Gasteiger partial charge in [-0.1, -0.05) is 0 Å². The van der Waals surface area contributed by atoms with Gasteiger partial charge in [0.25, 0.3) is 0 Å². The summed E-state index contributed by atoms with van der Waals surface area (Å²) in [6.45, 7) is 12.0. The zero-order valence-corrected chi connectivity index (χ0v) is 24.1. The molecule has 9 heteroatoms. The summed E-state index contributed by atoms with van der Waals surface area (Å²) in [5.74, 6) is -1.04. The van der Waals surface area contributed by atoms with Crippen LogP contribution >= 0.6 is 0 Å². The lowest BCUT2D eigenvalue weighted by atomic mass is 10.0. The SMILES string of the molecule is Cc1c(C(=O)O)oc2ccc(N3CCN(CCCCc4cn(C(=O)OC(C)(C)C)c5ccc(C#N)cc45)CC3)cc12. The number of hydrogen-bond donors (Lipinski definition) is 1. The van der Waals surface area contributed by atoms with Crippen LogP contribution in [0, 0.1) is 18.3 Å². The van der Waals surface area contributed by atoms with Gasteiger partial charge >= 0.3 is 12.1 Å². The van der Waals surface area contributed by atoms with Crippen LogP contribution in [0.5, 0.6) is 0 Å². The topological polar surface area (TPSA) is 112 Å². The lowest BCUT2D eigenvalue weighted by Crippen LogP contribution is -2.46. The standard InChI is InChI=1S/C32H36N4O5/c1-21-25-18-24(9-11-28(25)40-29(21)30(37)38)35-15-13-34(14-16-35)12-6-5-7-23-20-36(31(39)41-32(2,3)4)27-10-8-22(19-33)17-26(23)27/h8-11,17-18,20H,5-7,12-16H2,1-4H3,(H,37,38). The van der Waals surface area contributed by atoms with E-state index in [2.05, 4.69) is 15.9 Å². The molecule has 1 N–H and O–H groups in total. The monoisotopic (exact) mass is 556 g/mol. The number of piperazine rings is 1. The van der Waals surface area contributed by atoms with Gasteiger partial charge in [-0.2, -0.15) is 5.26 Å². The van der Waals surface area contributed by atoms with Crippen LogP contribution in [-0.4, -0.2) is 65.0 Å². The fourth-order valence-electron chi connectivity index (χ4n) is 5.52. The van der Waals surface area contributed by atoms with Crippen LogP contribution in [0.2, 0.25) is 0 Å². The predicted octanol–water partition coefficient (Wildman–Crippen LogP) is 6.19. The average Bonchev–Trinajstić information content (AvgIpc) is 3.47. The Hall–Kier alpha value is -4.29. The largest absolute Gasteiger partial charge is 0.475 e. The molecule has 2 aromatic heterocycles. The minimum atomic E-state index is -1.05. The number of aromatic nitrogens is 1. The number of unbranched alkanes of at least 4 members (excludes halogenated alkanes) is 1. The second-order valence-corrected chi connectivity index (χ2v) is 11.7. The maximum absolute atomic E-state index is 12.9. The van der Waals surface area contributed by atoms with Gasteiger partial charge < -0.3 is 19.2 Å². The third kappa shape index (κ3) is 6.08. The highest BCUT2D eigenvalue weighted by molar-refractivity contribution is 5.96. The quantitative estimate of drug-likeness (QED) is 0.268. The van der Waals surface area contributed by atoms with Gasteiger partial charge in [-0.3, -0.25) is 9.47 Å². The molecule has 1 aliphatic heterocycles. The summed E-state index contributed by atoms with van der Waals surface area (Å²) in [4.78, 5) is 29.1. The number of anilines is 1. The van der Waals surface area contributed by atoms with Gasteiger partial charge in [-0.25, -0.2) is 9.59 Å². The van der Waals surface area contributed by atoms with E-state index >= 15 is 0 Å². The number of hydrogen-bond acceptors (Lipinski definition) is 7. The van der Waals surface area contributed by atoms with Gasteiger partial charge in [0.05, 0.1) is 17.1 Å². The molecule has 0 bridgehead atoms. The number of carbonyl (C=O) groups excluding carboxylic acids is 1. The van der Waals surface area contributed by atoms with E-state index in [9.17, 15) is 20.0 Å². The maximum Gasteiger partial charge on any atom is 0.419 e. The molecule has 0 atom stereocenters. The van der Waals surface area contributed by atoms with Crippen molar-refractivity contribution in [2.75, 3.05) is 37.6 Å². The van der Waals surface area contributed by atoms with Crippen molar-refractivity contribution in [3.63, 3.8) is 0 Å². The van der Waals surface area contributed by atoms with Crippen molar-refractivity contribution < 1.29 is 23.8 Å². The van der Waals surface area contributed by atoms with Gasteiger partial charge in [-0.15, -0.1) is 0 Å². The van der Waals surface area contributed by atoms with Crippen molar-refractivity contribution in [1.29, 1.82) is 5.26 Å². The number of ether oxygens (including phenoxy) is 1. The lowest BCUT2D eigenvalue weighted by molar-refractivity contribution is 0.0543. The van der Waals surface area contributed by atoms with Crippen LogP contribution in [0.4, 0.5) is 10.5 Å². The number of aromatic carboxylic acids is 1. The van der Waals surface area contributed by atoms with E-state index in [-0.39, 0.29) is 5.76 Å². The van der Waals surface area contributed by atoms with E-state index in [1.807, 2.05) is 57.3 Å². The average molecular weight is 557 g/mol. The molecule has 9 nitrogen and oxygen atoms in total. The summed E-state index contributed by atoms with van der Waals surface area (Å²) in [5.41, 5.74) is 4.11. The van der Waals surface area contributed by atoms with Crippen LogP contribution in [0.3, 0.4) is 0 Å². The summed E-state index contributed by atoms with van der Waals surface area (Å²) in [5, 5.41) is 20.5. The number of carboxylic acids is 1. The fourth-order valence-corrected chi connectivity index (χ4v) is 5.52. The van der Waals surface area contributed by atoms with E-state index in [1.165, 1.54) is 0 Å². The first kappa shape index (κ1) is 28.2. The van der Waals surface area contributed by atoms with Crippen LogP contribution in [0.25, 0.3) is 21.9 Å². The number of nitrogens with zero attached hydrogens (tertiary/aromatic N) is 4. The molecule has 214 valence electrons. The lowest BCUT2D eigenvalue weighted by Gasteiger charge is -2.36. The van der Waals surface area contributed by atoms with Crippen molar-refractivity contribution in [2.45, 2.75) is 52.6 Å². The summed E-state index contributed by atoms with van der Waals surface area (Å²) >= 11 is 0. The minimum absolute atomic E-state index is 0.00174. The van der Waals surface area contributed by atoms with Gasteiger partial charge in [0.15, 0.2) is 0 Å². The molecule has 5 rings (SSSR count). The van der Waals surface area contributed by atoms with Crippen LogP contribution in [-0.2, 0) is 11.2 Å². The first-order valence-electron chi connectivity index (χ1n) is 14.1. The molecule has 0 aliphatic carbocycles. The minimum Gasteiger partial charge on any atom is -0.475 e. The Morgan fingerprint density at radius 2 is 1.80 bits per heavy atom. The summed E-state index contributed by atoms with van der Waals surface area (Å²) in [6, 6.07) is 13.5. The van der Waals surface area contributed by atoms with E-state index in [4.69, 9.17) is 9.15 Å². The third-order valence-electron chi connectivity index (χ3n) is 7.63. The van der Waals surface area contributed by atoms with Crippen LogP contribution < -0.4 is 4.90 Å². The van der Waals surface area contributed by atoms with Gasteiger partial charge in [0.1, 0.15) is 11.2 Å². The first-order valence-corrected chi connectivity index (χ1v) is 14.1. The Labute approximate surface area is 239 Å². The van der Waals surface area contributed by atoms with Crippen molar-refractivity contribution in [1.82, 2.24) is 9.47 Å². The number of fused-ring (bicyclic) bond motifs is 2. The van der Waals surface area contributed by atoms with Gasteiger partial charge in [0, 0.05) is 54.4 Å². The Morgan fingerprint density at radius 1 is 1.05 bits per heavy atom. The van der Waals surface area contributed by atoms with Crippen LogP contribution in [0.1, 0.15) is 60.9 Å². The molecular weight excluding hydrogens is 520 g/mol. The Balaban J connectivity index is 1.17. The molecule has 0 unspecified atom stereocenters. The van der Waals surface area contributed by atoms with Gasteiger partial charge in [-0.05, 0) is 95.5 Å². The number of furan rings is 1. The first-order chi connectivity index (χ1) is 19.5. The molecule has 1 aliphatic rings. The van der Waals surface area contributed by atoms with E-state index < -0.39 is 17.7 Å². The highest BCUT2D eigenvalue weighted by Gasteiger charge is 2.22. The summed E-state index contributed by atoms with van der Waals surface area (Å²) in [7, 11) is 0. The summed E-state index contributed by atoms with van der Waals surface area (Å²) < 4.78 is 12.7. The zero-order chi connectivity index (χ0) is 29.3. The molecule has 1 fully saturated rings. The second kappa shape index (κ2) is 11.3. The molecule has 1 saturated heterocycles.